The smallest absolute Gasteiger partial charge is 0.191 e. The molecular formula is C24H23N3O3S. The number of thioether (sulfide) groups is 1. The molecule has 2 aromatic heterocycles. The van der Waals surface area contributed by atoms with Crippen molar-refractivity contribution in [1.82, 2.24) is 14.8 Å². The van der Waals surface area contributed by atoms with E-state index in [0.717, 1.165) is 45.8 Å². The van der Waals surface area contributed by atoms with Crippen molar-refractivity contribution in [1.29, 1.82) is 0 Å². The van der Waals surface area contributed by atoms with Crippen molar-refractivity contribution in [3.63, 3.8) is 0 Å². The molecule has 2 heterocycles. The highest BCUT2D eigenvalue weighted by atomic mass is 32.2. The molecule has 0 aliphatic rings. The second-order valence-corrected chi connectivity index (χ2v) is 8.00. The fourth-order valence-electron chi connectivity index (χ4n) is 3.21. The highest BCUT2D eigenvalue weighted by molar-refractivity contribution is 7.99. The third-order valence-corrected chi connectivity index (χ3v) is 5.89. The third kappa shape index (κ3) is 5.24. The zero-order chi connectivity index (χ0) is 21.5. The Hall–Kier alpha value is -3.32. The molecular weight excluding hydrogens is 410 g/mol. The van der Waals surface area contributed by atoms with Gasteiger partial charge in [-0.3, -0.25) is 9.36 Å². The topological polar surface area (TPSA) is 70.2 Å². The second-order valence-electron chi connectivity index (χ2n) is 6.94. The Kier molecular flexibility index (Phi) is 6.84. The number of hydrogen-bond donors (Lipinski definition) is 0. The van der Waals surface area contributed by atoms with Gasteiger partial charge in [0.25, 0.3) is 0 Å². The molecule has 0 amide bonds. The highest BCUT2D eigenvalue weighted by Crippen LogP contribution is 2.27. The number of Topliss-reactive ketones (excluding diaryl/α,β-unsaturated/α-hetero) is 1. The van der Waals surface area contributed by atoms with Crippen LogP contribution in [0.15, 0.2) is 82.6 Å². The van der Waals surface area contributed by atoms with Gasteiger partial charge in [-0.05, 0) is 42.8 Å². The van der Waals surface area contributed by atoms with Gasteiger partial charge in [0.1, 0.15) is 11.5 Å². The molecule has 0 spiro atoms. The zero-order valence-corrected chi connectivity index (χ0v) is 18.0. The lowest BCUT2D eigenvalue weighted by Crippen LogP contribution is -2.04. The van der Waals surface area contributed by atoms with E-state index in [4.69, 9.17) is 9.15 Å². The number of aromatic nitrogens is 3. The molecule has 31 heavy (non-hydrogen) atoms. The quantitative estimate of drug-likeness (QED) is 0.191. The minimum atomic E-state index is 0.164. The Morgan fingerprint density at radius 1 is 1.03 bits per heavy atom. The first-order chi connectivity index (χ1) is 15.2. The summed E-state index contributed by atoms with van der Waals surface area (Å²) in [6.07, 6.45) is 2.94. The Labute approximate surface area is 185 Å². The van der Waals surface area contributed by atoms with Crippen molar-refractivity contribution in [2.45, 2.75) is 24.5 Å². The molecule has 0 bridgehead atoms. The van der Waals surface area contributed by atoms with Gasteiger partial charge in [-0.2, -0.15) is 0 Å². The molecule has 0 aliphatic carbocycles. The molecule has 0 atom stereocenters. The number of benzene rings is 2. The summed E-state index contributed by atoms with van der Waals surface area (Å²) in [5, 5.41) is 9.64. The highest BCUT2D eigenvalue weighted by Gasteiger charge is 2.16. The van der Waals surface area contributed by atoms with Crippen molar-refractivity contribution in [3.8, 4) is 17.1 Å². The van der Waals surface area contributed by atoms with E-state index in [1.165, 1.54) is 0 Å². The number of carbonyl (C=O) groups excluding carboxylic acids is 1. The third-order valence-electron chi connectivity index (χ3n) is 4.83. The summed E-state index contributed by atoms with van der Waals surface area (Å²) in [7, 11) is 1.64. The molecule has 0 saturated carbocycles. The van der Waals surface area contributed by atoms with Crippen LogP contribution in [0.5, 0.6) is 5.75 Å². The molecule has 0 radical (unpaired) electrons. The van der Waals surface area contributed by atoms with E-state index in [0.29, 0.717) is 13.0 Å². The summed E-state index contributed by atoms with van der Waals surface area (Å²) in [5.41, 5.74) is 1.71. The van der Waals surface area contributed by atoms with Crippen molar-refractivity contribution in [3.05, 3.63) is 84.3 Å². The van der Waals surface area contributed by atoms with E-state index in [9.17, 15) is 4.79 Å². The van der Waals surface area contributed by atoms with Crippen LogP contribution in [0, 0.1) is 0 Å². The normalized spacial score (nSPS) is 10.9. The maximum atomic E-state index is 12.3. The van der Waals surface area contributed by atoms with Crippen LogP contribution in [-0.2, 0) is 6.54 Å². The standard InChI is InChI=1S/C24H23N3O3S/c1-29-20-13-11-19(12-14-20)23-25-26-24(27(23)17-21-9-5-15-30-21)31-16-6-10-22(28)18-7-3-2-4-8-18/h2-5,7-9,11-15H,6,10,16-17H2,1H3. The Morgan fingerprint density at radius 2 is 1.84 bits per heavy atom. The van der Waals surface area contributed by atoms with E-state index in [-0.39, 0.29) is 5.78 Å². The number of furan rings is 1. The predicted molar refractivity (Wildman–Crippen MR) is 121 cm³/mol. The van der Waals surface area contributed by atoms with Crippen molar-refractivity contribution < 1.29 is 13.9 Å². The van der Waals surface area contributed by atoms with Crippen molar-refractivity contribution in [2.75, 3.05) is 12.9 Å². The number of ether oxygens (including phenoxy) is 1. The fourth-order valence-corrected chi connectivity index (χ4v) is 4.09. The molecule has 0 unspecified atom stereocenters. The van der Waals surface area contributed by atoms with E-state index in [1.807, 2.05) is 71.3 Å². The van der Waals surface area contributed by atoms with Gasteiger partial charge in [-0.25, -0.2) is 0 Å². The average molecular weight is 434 g/mol. The monoisotopic (exact) mass is 433 g/mol. The van der Waals surface area contributed by atoms with Gasteiger partial charge in [0, 0.05) is 23.3 Å². The number of methoxy groups -OCH3 is 1. The van der Waals surface area contributed by atoms with Crippen LogP contribution in [0.25, 0.3) is 11.4 Å². The number of nitrogens with zero attached hydrogens (tertiary/aromatic N) is 3. The van der Waals surface area contributed by atoms with Gasteiger partial charge in [-0.15, -0.1) is 10.2 Å². The first-order valence-electron chi connectivity index (χ1n) is 10.1. The molecule has 0 aliphatic heterocycles. The first kappa shape index (κ1) is 20.9. The summed E-state index contributed by atoms with van der Waals surface area (Å²) in [6.45, 7) is 0.534. The predicted octanol–water partition coefficient (Wildman–Crippen LogP) is 5.35. The van der Waals surface area contributed by atoms with Crippen LogP contribution in [0.2, 0.25) is 0 Å². The lowest BCUT2D eigenvalue weighted by molar-refractivity contribution is 0.0982. The summed E-state index contributed by atoms with van der Waals surface area (Å²) in [5.74, 6) is 3.32. The number of rotatable bonds is 10. The van der Waals surface area contributed by atoms with Gasteiger partial charge in [0.2, 0.25) is 0 Å². The SMILES string of the molecule is COc1ccc(-c2nnc(SCCCC(=O)c3ccccc3)n2Cc2ccco2)cc1. The number of carbonyl (C=O) groups is 1. The van der Waals surface area contributed by atoms with E-state index < -0.39 is 0 Å². The summed E-state index contributed by atoms with van der Waals surface area (Å²) in [4.78, 5) is 12.3. The van der Waals surface area contributed by atoms with E-state index in [1.54, 1.807) is 25.1 Å². The molecule has 0 fully saturated rings. The minimum Gasteiger partial charge on any atom is -0.497 e. The summed E-state index contributed by atoms with van der Waals surface area (Å²) >= 11 is 1.60. The van der Waals surface area contributed by atoms with Crippen molar-refractivity contribution in [2.24, 2.45) is 0 Å². The van der Waals surface area contributed by atoms with Crippen molar-refractivity contribution >= 4 is 17.5 Å². The lowest BCUT2D eigenvalue weighted by Gasteiger charge is -2.09. The van der Waals surface area contributed by atoms with Crippen LogP contribution >= 0.6 is 11.8 Å². The van der Waals surface area contributed by atoms with Gasteiger partial charge in [-0.1, -0.05) is 42.1 Å². The van der Waals surface area contributed by atoms with Crippen LogP contribution in [0.3, 0.4) is 0 Å². The van der Waals surface area contributed by atoms with Crippen LogP contribution < -0.4 is 4.74 Å². The Balaban J connectivity index is 1.46. The maximum Gasteiger partial charge on any atom is 0.191 e. The molecule has 4 aromatic rings. The summed E-state index contributed by atoms with van der Waals surface area (Å²) in [6, 6.07) is 21.0. The van der Waals surface area contributed by atoms with Gasteiger partial charge < -0.3 is 9.15 Å². The molecule has 158 valence electrons. The van der Waals surface area contributed by atoms with Gasteiger partial charge >= 0.3 is 0 Å². The largest absolute Gasteiger partial charge is 0.497 e. The number of ketones is 1. The summed E-state index contributed by atoms with van der Waals surface area (Å²) < 4.78 is 12.8. The molecule has 0 saturated heterocycles. The maximum absolute atomic E-state index is 12.3. The Morgan fingerprint density at radius 3 is 2.55 bits per heavy atom. The molecule has 7 heteroatoms. The van der Waals surface area contributed by atoms with Gasteiger partial charge in [0.05, 0.1) is 19.9 Å². The first-order valence-corrected chi connectivity index (χ1v) is 11.0. The fraction of sp³-hybridized carbons (Fsp3) is 0.208. The van der Waals surface area contributed by atoms with Gasteiger partial charge in [0.15, 0.2) is 16.8 Å². The lowest BCUT2D eigenvalue weighted by atomic mass is 10.1. The second kappa shape index (κ2) is 10.1. The van der Waals surface area contributed by atoms with Crippen LogP contribution in [-0.4, -0.2) is 33.4 Å². The minimum absolute atomic E-state index is 0.164. The van der Waals surface area contributed by atoms with E-state index >= 15 is 0 Å². The van der Waals surface area contributed by atoms with Crippen LogP contribution in [0.4, 0.5) is 0 Å². The number of hydrogen-bond acceptors (Lipinski definition) is 6. The van der Waals surface area contributed by atoms with Crippen LogP contribution in [0.1, 0.15) is 29.0 Å². The molecule has 6 nitrogen and oxygen atoms in total. The van der Waals surface area contributed by atoms with E-state index in [2.05, 4.69) is 10.2 Å². The Bertz CT molecular complexity index is 1110. The zero-order valence-electron chi connectivity index (χ0n) is 17.2. The molecule has 4 rings (SSSR count). The molecule has 2 aromatic carbocycles. The average Bonchev–Trinajstić information content (AvgIpc) is 3.48. The molecule has 0 N–H and O–H groups in total.